The fourth-order valence-corrected chi connectivity index (χ4v) is 6.31. The molecule has 33 heavy (non-hydrogen) atoms. The Bertz CT molecular complexity index is 1210. The molecule has 1 fully saturated rings. The zero-order valence-electron chi connectivity index (χ0n) is 16.5. The first kappa shape index (κ1) is 23.2. The average Bonchev–Trinajstić information content (AvgIpc) is 3.41. The minimum atomic E-state index is -1.27. The van der Waals surface area contributed by atoms with Crippen LogP contribution in [-0.4, -0.2) is 76.6 Å². The fraction of sp³-hybridized carbons (Fsp3) is 0.250. The van der Waals surface area contributed by atoms with Gasteiger partial charge in [0.15, 0.2) is 5.13 Å². The number of halogens is 1. The summed E-state index contributed by atoms with van der Waals surface area (Å²) in [7, 11) is 1.62. The van der Waals surface area contributed by atoms with Crippen LogP contribution >= 0.6 is 46.5 Å². The van der Waals surface area contributed by atoms with Crippen LogP contribution in [0.15, 0.2) is 26.7 Å². The monoisotopic (exact) mass is 528 g/mol. The minimum absolute atomic E-state index is 0.000970. The molecule has 2 aliphatic rings. The van der Waals surface area contributed by atoms with E-state index in [4.69, 9.17) is 11.6 Å². The van der Waals surface area contributed by atoms with Gasteiger partial charge in [0.05, 0.1) is 11.3 Å². The number of nitrogens with zero attached hydrogens (tertiary/aromatic N) is 6. The van der Waals surface area contributed by atoms with Crippen LogP contribution < -0.4 is 10.6 Å². The summed E-state index contributed by atoms with van der Waals surface area (Å²) in [6.45, 7) is 0. The Morgan fingerprint density at radius 1 is 1.42 bits per heavy atom. The first-order valence-electron chi connectivity index (χ1n) is 8.94. The Balaban J connectivity index is 1.51. The van der Waals surface area contributed by atoms with Gasteiger partial charge in [-0.25, -0.2) is 14.5 Å². The number of amides is 3. The minimum Gasteiger partial charge on any atom is -0.477 e. The number of carboxylic acids is 1. The van der Waals surface area contributed by atoms with Crippen molar-refractivity contribution in [3.63, 3.8) is 0 Å². The van der Waals surface area contributed by atoms with Crippen molar-refractivity contribution in [1.29, 1.82) is 0 Å². The van der Waals surface area contributed by atoms with E-state index in [1.807, 2.05) is 0 Å². The lowest BCUT2D eigenvalue weighted by Gasteiger charge is -2.49. The number of aryl methyl sites for hydroxylation is 1. The second-order valence-corrected chi connectivity index (χ2v) is 9.69. The maximum atomic E-state index is 12.8. The molecule has 13 nitrogen and oxygen atoms in total. The van der Waals surface area contributed by atoms with Crippen molar-refractivity contribution >= 4 is 81.4 Å². The van der Waals surface area contributed by atoms with Crippen molar-refractivity contribution < 1.29 is 24.3 Å². The normalized spacial score (nSPS) is 20.2. The number of carbonyl (C=O) groups excluding carboxylic acids is 3. The van der Waals surface area contributed by atoms with Gasteiger partial charge in [0.1, 0.15) is 17.1 Å². The highest BCUT2D eigenvalue weighted by Crippen LogP contribution is 2.44. The number of β-lactam (4-membered cyclic amide) rings is 1. The summed E-state index contributed by atoms with van der Waals surface area (Å²) < 4.78 is 1.39. The second kappa shape index (κ2) is 9.50. The second-order valence-electron chi connectivity index (χ2n) is 6.45. The molecule has 0 bridgehead atoms. The molecule has 0 radical (unpaired) electrons. The summed E-state index contributed by atoms with van der Waals surface area (Å²) in [5, 5.41) is 27.4. The molecule has 0 saturated carbocycles. The standard InChI is InChI=1S/C16H13ClN8O5S3/c1-24-16(21-22-23-24)33-8-4-31-13-9(12(28)25(13)10(8)14(29)30)20-11(27)6(2-17)7-3-32-15(19-7)18-5-26/h2-3,5,9,13H,4H2,1H3,(H,20,27)(H,29,30)(H,18,19,26)/t9?,13-/m1/s1. The van der Waals surface area contributed by atoms with Crippen LogP contribution in [0.1, 0.15) is 5.69 Å². The van der Waals surface area contributed by atoms with Gasteiger partial charge in [-0.15, -0.1) is 28.2 Å². The fourth-order valence-electron chi connectivity index (χ4n) is 3.04. The summed E-state index contributed by atoms with van der Waals surface area (Å²) in [4.78, 5) is 53.8. The number of anilines is 1. The summed E-state index contributed by atoms with van der Waals surface area (Å²) in [5.74, 6) is -2.21. The number of thioether (sulfide) groups is 2. The average molecular weight is 529 g/mol. The van der Waals surface area contributed by atoms with Crippen LogP contribution in [0.25, 0.3) is 5.57 Å². The van der Waals surface area contributed by atoms with Gasteiger partial charge in [-0.05, 0) is 22.2 Å². The molecule has 1 unspecified atom stereocenters. The van der Waals surface area contributed by atoms with E-state index in [0.717, 1.165) is 33.5 Å². The molecular formula is C16H13ClN8O5S3. The zero-order valence-corrected chi connectivity index (χ0v) is 19.7. The van der Waals surface area contributed by atoms with E-state index in [2.05, 4.69) is 31.1 Å². The molecule has 3 amide bonds. The number of rotatable bonds is 8. The summed E-state index contributed by atoms with van der Waals surface area (Å²) in [6.07, 6.45) is 0.454. The number of hydrogen-bond acceptors (Lipinski definition) is 11. The molecule has 0 aromatic carbocycles. The molecule has 3 N–H and O–H groups in total. The third-order valence-corrected chi connectivity index (χ3v) is 8.10. The smallest absolute Gasteiger partial charge is 0.353 e. The number of fused-ring (bicyclic) bond motifs is 1. The molecule has 172 valence electrons. The predicted octanol–water partition coefficient (Wildman–Crippen LogP) is 0.303. The van der Waals surface area contributed by atoms with Gasteiger partial charge in [0, 0.05) is 28.6 Å². The number of tetrazole rings is 1. The van der Waals surface area contributed by atoms with E-state index in [9.17, 15) is 24.3 Å². The van der Waals surface area contributed by atoms with Crippen LogP contribution in [0.3, 0.4) is 0 Å². The lowest BCUT2D eigenvalue weighted by atomic mass is 10.0. The first-order valence-corrected chi connectivity index (χ1v) is 12.1. The van der Waals surface area contributed by atoms with Gasteiger partial charge >= 0.3 is 5.97 Å². The number of nitrogens with one attached hydrogen (secondary N) is 2. The Labute approximate surface area is 202 Å². The number of aromatic nitrogens is 5. The first-order chi connectivity index (χ1) is 15.8. The van der Waals surface area contributed by atoms with Crippen LogP contribution in [-0.2, 0) is 26.2 Å². The number of aliphatic carboxylic acids is 1. The molecule has 2 aromatic heterocycles. The van der Waals surface area contributed by atoms with Crippen LogP contribution in [0.4, 0.5) is 5.13 Å². The number of hydrogen-bond donors (Lipinski definition) is 3. The highest BCUT2D eigenvalue weighted by molar-refractivity contribution is 8.06. The maximum Gasteiger partial charge on any atom is 0.353 e. The molecule has 1 saturated heterocycles. The Kier molecular flexibility index (Phi) is 6.68. The molecule has 2 aromatic rings. The van der Waals surface area contributed by atoms with Gasteiger partial charge in [-0.1, -0.05) is 11.6 Å². The van der Waals surface area contributed by atoms with E-state index >= 15 is 0 Å². The number of carboxylic acid groups (broad SMARTS) is 1. The van der Waals surface area contributed by atoms with Crippen molar-refractivity contribution in [3.8, 4) is 0 Å². The third-order valence-electron chi connectivity index (χ3n) is 4.53. The highest BCUT2D eigenvalue weighted by Gasteiger charge is 2.54. The van der Waals surface area contributed by atoms with Crippen LogP contribution in [0.2, 0.25) is 0 Å². The largest absolute Gasteiger partial charge is 0.477 e. The van der Waals surface area contributed by atoms with Crippen molar-refractivity contribution in [3.05, 3.63) is 27.2 Å². The molecular weight excluding hydrogens is 516 g/mol. The molecule has 4 heterocycles. The molecule has 17 heteroatoms. The number of thiazole rings is 1. The summed E-state index contributed by atoms with van der Waals surface area (Å²) in [5.41, 5.74) is 1.08. The quantitative estimate of drug-likeness (QED) is 0.244. The lowest BCUT2D eigenvalue weighted by Crippen LogP contribution is -2.70. The van der Waals surface area contributed by atoms with E-state index < -0.39 is 29.2 Å². The number of carbonyl (C=O) groups is 4. The Morgan fingerprint density at radius 2 is 2.21 bits per heavy atom. The molecule has 2 aliphatic heterocycles. The van der Waals surface area contributed by atoms with Crippen molar-refractivity contribution in [2.45, 2.75) is 16.6 Å². The van der Waals surface area contributed by atoms with E-state index in [1.54, 1.807) is 7.05 Å². The predicted molar refractivity (Wildman–Crippen MR) is 120 cm³/mol. The van der Waals surface area contributed by atoms with Gasteiger partial charge in [0.25, 0.3) is 11.8 Å². The van der Waals surface area contributed by atoms with E-state index in [0.29, 0.717) is 16.5 Å². The summed E-state index contributed by atoms with van der Waals surface area (Å²) in [6, 6.07) is -0.947. The van der Waals surface area contributed by atoms with Gasteiger partial charge in [-0.2, -0.15) is 0 Å². The van der Waals surface area contributed by atoms with Gasteiger partial charge in [-0.3, -0.25) is 19.3 Å². The van der Waals surface area contributed by atoms with E-state index in [1.165, 1.54) is 21.8 Å². The Hall–Kier alpha value is -2.95. The van der Waals surface area contributed by atoms with Crippen LogP contribution in [0.5, 0.6) is 0 Å². The lowest BCUT2D eigenvalue weighted by molar-refractivity contribution is -0.150. The van der Waals surface area contributed by atoms with Crippen molar-refractivity contribution in [2.24, 2.45) is 7.05 Å². The SMILES string of the molecule is Cn1nnnc1SC1=C(C(=O)O)N2C(=O)C(NC(=O)C(=CCl)c3csc(NC=O)n3)[C@H]2SC1. The van der Waals surface area contributed by atoms with Crippen LogP contribution in [0, 0.1) is 0 Å². The molecule has 0 spiro atoms. The maximum absolute atomic E-state index is 12.8. The third kappa shape index (κ3) is 4.33. The topological polar surface area (TPSA) is 172 Å². The van der Waals surface area contributed by atoms with Gasteiger partial charge in [0.2, 0.25) is 11.6 Å². The zero-order chi connectivity index (χ0) is 23.7. The van der Waals surface area contributed by atoms with Crippen molar-refractivity contribution in [1.82, 2.24) is 35.4 Å². The molecule has 4 rings (SSSR count). The van der Waals surface area contributed by atoms with Crippen molar-refractivity contribution in [2.75, 3.05) is 11.1 Å². The molecule has 0 aliphatic carbocycles. The van der Waals surface area contributed by atoms with Gasteiger partial charge < -0.3 is 15.7 Å². The van der Waals surface area contributed by atoms with E-state index in [-0.39, 0.29) is 27.8 Å². The highest BCUT2D eigenvalue weighted by atomic mass is 35.5. The summed E-state index contributed by atoms with van der Waals surface area (Å²) >= 11 is 9.28. The Morgan fingerprint density at radius 3 is 2.85 bits per heavy atom. The molecule has 2 atom stereocenters.